The van der Waals surface area contributed by atoms with Crippen molar-refractivity contribution in [2.75, 3.05) is 33.9 Å². The summed E-state index contributed by atoms with van der Waals surface area (Å²) in [5.41, 5.74) is 1.76. The molecule has 1 N–H and O–H groups in total. The molecule has 6 heteroatoms. The summed E-state index contributed by atoms with van der Waals surface area (Å²) in [4.78, 5) is 15.2. The summed E-state index contributed by atoms with van der Waals surface area (Å²) in [5.74, 6) is 1.39. The minimum atomic E-state index is -0.113. The Labute approximate surface area is 168 Å². The smallest absolute Gasteiger partial charge is 0.252 e. The van der Waals surface area contributed by atoms with Crippen molar-refractivity contribution < 1.29 is 14.3 Å². The van der Waals surface area contributed by atoms with Gasteiger partial charge in [0.1, 0.15) is 11.5 Å². The number of amides is 1. The van der Waals surface area contributed by atoms with Gasteiger partial charge in [-0.25, -0.2) is 0 Å². The topological polar surface area (TPSA) is 50.8 Å². The minimum absolute atomic E-state index is 0.113. The second kappa shape index (κ2) is 9.24. The van der Waals surface area contributed by atoms with Crippen LogP contribution in [0.4, 0.5) is 0 Å². The summed E-state index contributed by atoms with van der Waals surface area (Å²) in [7, 11) is 3.26. The van der Waals surface area contributed by atoms with Gasteiger partial charge in [-0.3, -0.25) is 9.69 Å². The van der Waals surface area contributed by atoms with Crippen molar-refractivity contribution in [3.63, 3.8) is 0 Å². The fourth-order valence-electron chi connectivity index (χ4n) is 3.43. The Morgan fingerprint density at radius 1 is 1.07 bits per heavy atom. The lowest BCUT2D eigenvalue weighted by Gasteiger charge is -2.28. The number of hydrogen-bond donors (Lipinski definition) is 1. The molecule has 0 aromatic heterocycles. The first-order chi connectivity index (χ1) is 13.1. The van der Waals surface area contributed by atoms with E-state index in [1.165, 1.54) is 18.4 Å². The first kappa shape index (κ1) is 19.7. The minimum Gasteiger partial charge on any atom is -0.497 e. The van der Waals surface area contributed by atoms with Crippen LogP contribution in [0.2, 0.25) is 0 Å². The predicted molar refractivity (Wildman–Crippen MR) is 110 cm³/mol. The van der Waals surface area contributed by atoms with E-state index in [4.69, 9.17) is 9.47 Å². The first-order valence-corrected chi connectivity index (χ1v) is 9.91. The SMILES string of the molecule is COc1ccc(C(CNC(=O)c2cc(OC)ccc2Br)N2CCCC2)cc1. The number of carbonyl (C=O) groups excluding carboxylic acids is 1. The van der Waals surface area contributed by atoms with Crippen LogP contribution >= 0.6 is 15.9 Å². The third-order valence-electron chi connectivity index (χ3n) is 4.96. The molecule has 27 heavy (non-hydrogen) atoms. The summed E-state index contributed by atoms with van der Waals surface area (Å²) >= 11 is 3.45. The van der Waals surface area contributed by atoms with Crippen molar-refractivity contribution in [1.29, 1.82) is 0 Å². The molecule has 1 aliphatic heterocycles. The summed E-state index contributed by atoms with van der Waals surface area (Å²) < 4.78 is 11.3. The van der Waals surface area contributed by atoms with Crippen LogP contribution in [-0.4, -0.2) is 44.7 Å². The van der Waals surface area contributed by atoms with Gasteiger partial charge in [0.15, 0.2) is 0 Å². The van der Waals surface area contributed by atoms with Gasteiger partial charge in [0.2, 0.25) is 0 Å². The number of methoxy groups -OCH3 is 2. The van der Waals surface area contributed by atoms with E-state index in [2.05, 4.69) is 38.3 Å². The van der Waals surface area contributed by atoms with E-state index in [-0.39, 0.29) is 11.9 Å². The molecule has 1 atom stereocenters. The molecule has 1 aliphatic rings. The standard InChI is InChI=1S/C21H25BrN2O3/c1-26-16-7-5-15(6-8-16)20(24-11-3-4-12-24)14-23-21(25)18-13-17(27-2)9-10-19(18)22/h5-10,13,20H,3-4,11-12,14H2,1-2H3,(H,23,25). The molecule has 1 amide bonds. The van der Waals surface area contributed by atoms with Crippen LogP contribution in [0.5, 0.6) is 11.5 Å². The van der Waals surface area contributed by atoms with Crippen LogP contribution in [-0.2, 0) is 0 Å². The molecule has 3 rings (SSSR count). The van der Waals surface area contributed by atoms with E-state index in [1.54, 1.807) is 20.3 Å². The van der Waals surface area contributed by atoms with Gasteiger partial charge in [-0.1, -0.05) is 12.1 Å². The third-order valence-corrected chi connectivity index (χ3v) is 5.65. The maximum Gasteiger partial charge on any atom is 0.252 e. The van der Waals surface area contributed by atoms with E-state index < -0.39 is 0 Å². The van der Waals surface area contributed by atoms with Crippen molar-refractivity contribution >= 4 is 21.8 Å². The lowest BCUT2D eigenvalue weighted by atomic mass is 10.0. The van der Waals surface area contributed by atoms with E-state index in [0.29, 0.717) is 17.9 Å². The Morgan fingerprint density at radius 3 is 2.33 bits per heavy atom. The summed E-state index contributed by atoms with van der Waals surface area (Å²) in [6.45, 7) is 2.65. The van der Waals surface area contributed by atoms with Crippen LogP contribution in [0, 0.1) is 0 Å². The maximum atomic E-state index is 12.7. The van der Waals surface area contributed by atoms with Gasteiger partial charge in [-0.15, -0.1) is 0 Å². The largest absolute Gasteiger partial charge is 0.497 e. The Morgan fingerprint density at radius 2 is 1.70 bits per heavy atom. The van der Waals surface area contributed by atoms with Crippen molar-refractivity contribution in [1.82, 2.24) is 10.2 Å². The van der Waals surface area contributed by atoms with Crippen LogP contribution in [0.15, 0.2) is 46.9 Å². The average molecular weight is 433 g/mol. The first-order valence-electron chi connectivity index (χ1n) is 9.12. The zero-order valence-electron chi connectivity index (χ0n) is 15.7. The predicted octanol–water partition coefficient (Wildman–Crippen LogP) is 4.03. The number of carbonyl (C=O) groups is 1. The molecule has 5 nitrogen and oxygen atoms in total. The fourth-order valence-corrected chi connectivity index (χ4v) is 3.85. The zero-order valence-corrected chi connectivity index (χ0v) is 17.3. The number of nitrogens with zero attached hydrogens (tertiary/aromatic N) is 1. The lowest BCUT2D eigenvalue weighted by molar-refractivity contribution is 0.0936. The highest BCUT2D eigenvalue weighted by atomic mass is 79.9. The van der Waals surface area contributed by atoms with Gasteiger partial charge in [0.05, 0.1) is 25.8 Å². The number of hydrogen-bond acceptors (Lipinski definition) is 4. The fraction of sp³-hybridized carbons (Fsp3) is 0.381. The molecule has 1 saturated heterocycles. The quantitative estimate of drug-likeness (QED) is 0.717. The molecule has 0 radical (unpaired) electrons. The summed E-state index contributed by atoms with van der Waals surface area (Å²) in [6.07, 6.45) is 2.39. The van der Waals surface area contributed by atoms with Gasteiger partial charge in [0, 0.05) is 11.0 Å². The van der Waals surface area contributed by atoms with Crippen molar-refractivity contribution in [2.24, 2.45) is 0 Å². The molecule has 0 bridgehead atoms. The lowest BCUT2D eigenvalue weighted by Crippen LogP contribution is -2.36. The Bertz CT molecular complexity index is 773. The Hall–Kier alpha value is -2.05. The van der Waals surface area contributed by atoms with Crippen molar-refractivity contribution in [2.45, 2.75) is 18.9 Å². The number of ether oxygens (including phenoxy) is 2. The molecular weight excluding hydrogens is 408 g/mol. The molecule has 2 aromatic carbocycles. The highest BCUT2D eigenvalue weighted by Crippen LogP contribution is 2.27. The molecule has 1 unspecified atom stereocenters. The van der Waals surface area contributed by atoms with Crippen LogP contribution in [0.3, 0.4) is 0 Å². The second-order valence-electron chi connectivity index (χ2n) is 6.59. The van der Waals surface area contributed by atoms with Crippen LogP contribution in [0.1, 0.15) is 34.8 Å². The number of nitrogens with one attached hydrogen (secondary N) is 1. The average Bonchev–Trinajstić information content (AvgIpc) is 3.23. The molecule has 0 saturated carbocycles. The van der Waals surface area contributed by atoms with Gasteiger partial charge >= 0.3 is 0 Å². The van der Waals surface area contributed by atoms with Gasteiger partial charge in [-0.05, 0) is 77.8 Å². The van der Waals surface area contributed by atoms with Crippen molar-refractivity contribution in [3.05, 3.63) is 58.1 Å². The van der Waals surface area contributed by atoms with E-state index in [1.807, 2.05) is 24.3 Å². The summed E-state index contributed by atoms with van der Waals surface area (Å²) in [5, 5.41) is 3.10. The highest BCUT2D eigenvalue weighted by molar-refractivity contribution is 9.10. The molecule has 144 valence electrons. The normalized spacial score (nSPS) is 15.4. The van der Waals surface area contributed by atoms with Crippen LogP contribution < -0.4 is 14.8 Å². The molecule has 0 spiro atoms. The molecular formula is C21H25BrN2O3. The number of benzene rings is 2. The van der Waals surface area contributed by atoms with Gasteiger partial charge < -0.3 is 14.8 Å². The second-order valence-corrected chi connectivity index (χ2v) is 7.44. The number of rotatable bonds is 7. The maximum absolute atomic E-state index is 12.7. The van der Waals surface area contributed by atoms with E-state index in [0.717, 1.165) is 23.3 Å². The Kier molecular flexibility index (Phi) is 6.74. The highest BCUT2D eigenvalue weighted by Gasteiger charge is 2.24. The molecule has 1 fully saturated rings. The monoisotopic (exact) mass is 432 g/mol. The molecule has 0 aliphatic carbocycles. The van der Waals surface area contributed by atoms with E-state index in [9.17, 15) is 4.79 Å². The number of halogens is 1. The number of likely N-dealkylation sites (tertiary alicyclic amines) is 1. The van der Waals surface area contributed by atoms with Gasteiger partial charge in [0.25, 0.3) is 5.91 Å². The van der Waals surface area contributed by atoms with E-state index >= 15 is 0 Å². The van der Waals surface area contributed by atoms with Crippen LogP contribution in [0.25, 0.3) is 0 Å². The Balaban J connectivity index is 1.75. The molecule has 1 heterocycles. The molecule has 2 aromatic rings. The van der Waals surface area contributed by atoms with Gasteiger partial charge in [-0.2, -0.15) is 0 Å². The summed E-state index contributed by atoms with van der Waals surface area (Å²) in [6, 6.07) is 13.6. The third kappa shape index (κ3) is 4.82. The van der Waals surface area contributed by atoms with Crippen molar-refractivity contribution in [3.8, 4) is 11.5 Å². The zero-order chi connectivity index (χ0) is 19.2.